The van der Waals surface area contributed by atoms with Gasteiger partial charge in [-0.05, 0) is 32.4 Å². The van der Waals surface area contributed by atoms with Gasteiger partial charge < -0.3 is 10.1 Å². The molecule has 0 saturated carbocycles. The van der Waals surface area contributed by atoms with Crippen LogP contribution in [0.4, 0.5) is 0 Å². The summed E-state index contributed by atoms with van der Waals surface area (Å²) in [5.41, 5.74) is 0. The Labute approximate surface area is 94.2 Å². The van der Waals surface area contributed by atoms with Crippen molar-refractivity contribution in [1.82, 2.24) is 10.2 Å². The Kier molecular flexibility index (Phi) is 6.22. The van der Waals surface area contributed by atoms with Crippen LogP contribution in [0.3, 0.4) is 0 Å². The van der Waals surface area contributed by atoms with Crippen molar-refractivity contribution < 1.29 is 4.74 Å². The maximum absolute atomic E-state index is 5.43. The number of hydrogen-bond donors (Lipinski definition) is 1. The first-order chi connectivity index (χ1) is 7.29. The fraction of sp³-hybridized carbons (Fsp3) is 1.00. The van der Waals surface area contributed by atoms with E-state index in [1.165, 1.54) is 13.0 Å². The zero-order valence-corrected chi connectivity index (χ0v) is 10.5. The molecule has 2 atom stereocenters. The van der Waals surface area contributed by atoms with Crippen LogP contribution in [0.25, 0.3) is 0 Å². The summed E-state index contributed by atoms with van der Waals surface area (Å²) in [6.45, 7) is 12.9. The second kappa shape index (κ2) is 7.20. The fourth-order valence-electron chi connectivity index (χ4n) is 2.35. The predicted octanol–water partition coefficient (Wildman–Crippen LogP) is 1.34. The third-order valence-corrected chi connectivity index (χ3v) is 3.39. The summed E-state index contributed by atoms with van der Waals surface area (Å²) in [4.78, 5) is 2.55. The van der Waals surface area contributed by atoms with Gasteiger partial charge in [-0.15, -0.1) is 0 Å². The number of piperidine rings is 1. The van der Waals surface area contributed by atoms with E-state index < -0.39 is 0 Å². The fourth-order valence-corrected chi connectivity index (χ4v) is 2.35. The lowest BCUT2D eigenvalue weighted by Crippen LogP contribution is -2.51. The Balaban J connectivity index is 2.34. The summed E-state index contributed by atoms with van der Waals surface area (Å²) in [7, 11) is 0. The Bertz CT molecular complexity index is 164. The molecule has 0 aromatic heterocycles. The summed E-state index contributed by atoms with van der Waals surface area (Å²) in [6, 6.07) is 0.698. The van der Waals surface area contributed by atoms with E-state index in [0.717, 1.165) is 38.8 Å². The smallest absolute Gasteiger partial charge is 0.0593 e. The second-order valence-corrected chi connectivity index (χ2v) is 4.36. The molecule has 90 valence electrons. The average molecular weight is 214 g/mol. The summed E-state index contributed by atoms with van der Waals surface area (Å²) in [5.74, 6) is 0.813. The lowest BCUT2D eigenvalue weighted by atomic mass is 9.93. The van der Waals surface area contributed by atoms with Crippen molar-refractivity contribution in [3.8, 4) is 0 Å². The van der Waals surface area contributed by atoms with Gasteiger partial charge in [0.05, 0.1) is 6.61 Å². The Morgan fingerprint density at radius 1 is 1.40 bits per heavy atom. The van der Waals surface area contributed by atoms with Crippen molar-refractivity contribution in [3.63, 3.8) is 0 Å². The molecule has 0 bridgehead atoms. The second-order valence-electron chi connectivity index (χ2n) is 4.36. The largest absolute Gasteiger partial charge is 0.380 e. The third-order valence-electron chi connectivity index (χ3n) is 3.39. The highest BCUT2D eigenvalue weighted by Crippen LogP contribution is 2.17. The SMILES string of the molecule is CCOCCN(CC)C1CNCCC1C. The van der Waals surface area contributed by atoms with Crippen LogP contribution in [0.1, 0.15) is 27.2 Å². The third kappa shape index (κ3) is 4.09. The van der Waals surface area contributed by atoms with E-state index >= 15 is 0 Å². The van der Waals surface area contributed by atoms with E-state index in [4.69, 9.17) is 4.74 Å². The zero-order chi connectivity index (χ0) is 11.1. The van der Waals surface area contributed by atoms with Crippen LogP contribution in [0.15, 0.2) is 0 Å². The molecule has 1 fully saturated rings. The topological polar surface area (TPSA) is 24.5 Å². The van der Waals surface area contributed by atoms with Crippen molar-refractivity contribution in [2.24, 2.45) is 5.92 Å². The molecule has 3 nitrogen and oxygen atoms in total. The molecule has 1 heterocycles. The van der Waals surface area contributed by atoms with E-state index in [9.17, 15) is 0 Å². The van der Waals surface area contributed by atoms with Crippen molar-refractivity contribution in [2.45, 2.75) is 33.2 Å². The molecule has 15 heavy (non-hydrogen) atoms. The standard InChI is InChI=1S/C12H26N2O/c1-4-14(8-9-15-5-2)12-10-13-7-6-11(12)3/h11-13H,4-10H2,1-3H3. The molecule has 0 spiro atoms. The monoisotopic (exact) mass is 214 g/mol. The molecular formula is C12H26N2O. The molecular weight excluding hydrogens is 188 g/mol. The molecule has 0 aliphatic carbocycles. The molecule has 0 aromatic carbocycles. The predicted molar refractivity (Wildman–Crippen MR) is 64.2 cm³/mol. The minimum absolute atomic E-state index is 0.698. The summed E-state index contributed by atoms with van der Waals surface area (Å²) < 4.78 is 5.43. The van der Waals surface area contributed by atoms with Crippen LogP contribution in [0, 0.1) is 5.92 Å². The van der Waals surface area contributed by atoms with Crippen LogP contribution in [0.5, 0.6) is 0 Å². The molecule has 1 rings (SSSR count). The summed E-state index contributed by atoms with van der Waals surface area (Å²) >= 11 is 0. The molecule has 1 saturated heterocycles. The highest BCUT2D eigenvalue weighted by Gasteiger charge is 2.25. The molecule has 1 aliphatic heterocycles. The Morgan fingerprint density at radius 3 is 2.80 bits per heavy atom. The number of ether oxygens (including phenoxy) is 1. The molecule has 0 aromatic rings. The normalized spacial score (nSPS) is 27.2. The van der Waals surface area contributed by atoms with Crippen LogP contribution >= 0.6 is 0 Å². The Hall–Kier alpha value is -0.120. The van der Waals surface area contributed by atoms with E-state index in [1.54, 1.807) is 0 Å². The maximum Gasteiger partial charge on any atom is 0.0593 e. The number of nitrogens with zero attached hydrogens (tertiary/aromatic N) is 1. The first-order valence-electron chi connectivity index (χ1n) is 6.32. The summed E-state index contributed by atoms with van der Waals surface area (Å²) in [5, 5.41) is 3.49. The van der Waals surface area contributed by atoms with Gasteiger partial charge in [0.2, 0.25) is 0 Å². The first-order valence-corrected chi connectivity index (χ1v) is 6.32. The van der Waals surface area contributed by atoms with Crippen molar-refractivity contribution in [1.29, 1.82) is 0 Å². The van der Waals surface area contributed by atoms with E-state index in [0.29, 0.717) is 6.04 Å². The number of rotatable bonds is 6. The lowest BCUT2D eigenvalue weighted by Gasteiger charge is -2.38. The Morgan fingerprint density at radius 2 is 2.20 bits per heavy atom. The van der Waals surface area contributed by atoms with Crippen LogP contribution in [-0.4, -0.2) is 50.3 Å². The zero-order valence-electron chi connectivity index (χ0n) is 10.5. The van der Waals surface area contributed by atoms with Crippen molar-refractivity contribution in [2.75, 3.05) is 39.4 Å². The van der Waals surface area contributed by atoms with Crippen LogP contribution in [-0.2, 0) is 4.74 Å². The van der Waals surface area contributed by atoms with Gasteiger partial charge >= 0.3 is 0 Å². The molecule has 0 amide bonds. The number of hydrogen-bond acceptors (Lipinski definition) is 3. The minimum atomic E-state index is 0.698. The molecule has 0 radical (unpaired) electrons. The van der Waals surface area contributed by atoms with Gasteiger partial charge in [-0.25, -0.2) is 0 Å². The van der Waals surface area contributed by atoms with Crippen LogP contribution in [0.2, 0.25) is 0 Å². The van der Waals surface area contributed by atoms with E-state index in [-0.39, 0.29) is 0 Å². The number of nitrogens with one attached hydrogen (secondary N) is 1. The summed E-state index contributed by atoms with van der Waals surface area (Å²) in [6.07, 6.45) is 1.30. The average Bonchev–Trinajstić information content (AvgIpc) is 2.26. The van der Waals surface area contributed by atoms with E-state index in [2.05, 4.69) is 31.0 Å². The first kappa shape index (κ1) is 12.9. The molecule has 3 heteroatoms. The highest BCUT2D eigenvalue weighted by molar-refractivity contribution is 4.82. The minimum Gasteiger partial charge on any atom is -0.380 e. The van der Waals surface area contributed by atoms with Crippen molar-refractivity contribution in [3.05, 3.63) is 0 Å². The van der Waals surface area contributed by atoms with Gasteiger partial charge in [-0.1, -0.05) is 13.8 Å². The van der Waals surface area contributed by atoms with Gasteiger partial charge in [0.15, 0.2) is 0 Å². The van der Waals surface area contributed by atoms with Gasteiger partial charge in [0.25, 0.3) is 0 Å². The maximum atomic E-state index is 5.43. The van der Waals surface area contributed by atoms with Gasteiger partial charge in [-0.3, -0.25) is 4.90 Å². The lowest BCUT2D eigenvalue weighted by molar-refractivity contribution is 0.0720. The highest BCUT2D eigenvalue weighted by atomic mass is 16.5. The van der Waals surface area contributed by atoms with Crippen LogP contribution < -0.4 is 5.32 Å². The molecule has 1 aliphatic rings. The molecule has 1 N–H and O–H groups in total. The van der Waals surface area contributed by atoms with Crippen molar-refractivity contribution >= 4 is 0 Å². The van der Waals surface area contributed by atoms with Gasteiger partial charge in [0.1, 0.15) is 0 Å². The van der Waals surface area contributed by atoms with Gasteiger partial charge in [0, 0.05) is 25.7 Å². The quantitative estimate of drug-likeness (QED) is 0.675. The molecule has 2 unspecified atom stereocenters. The van der Waals surface area contributed by atoms with Gasteiger partial charge in [-0.2, -0.15) is 0 Å². The number of likely N-dealkylation sites (N-methyl/N-ethyl adjacent to an activating group) is 1. The van der Waals surface area contributed by atoms with E-state index in [1.807, 2.05) is 0 Å².